The number of amides is 1. The first-order chi connectivity index (χ1) is 6.36. The summed E-state index contributed by atoms with van der Waals surface area (Å²) in [7, 11) is 0. The first-order valence-corrected chi connectivity index (χ1v) is 4.09. The molecule has 7 heteroatoms. The summed E-state index contributed by atoms with van der Waals surface area (Å²) >= 11 is 0. The average Bonchev–Trinajstić information content (AvgIpc) is 2.55. The molecule has 80 valence electrons. The minimum Gasteiger partial charge on any atom is -0.368 e. The Morgan fingerprint density at radius 1 is 1.57 bits per heavy atom. The second-order valence-electron chi connectivity index (χ2n) is 3.44. The molecule has 3 unspecified atom stereocenters. The Bertz CT molecular complexity index is 280. The van der Waals surface area contributed by atoms with Crippen molar-refractivity contribution >= 4 is 5.91 Å². The van der Waals surface area contributed by atoms with Gasteiger partial charge in [-0.05, 0) is 6.42 Å². The first kappa shape index (κ1) is 9.72. The van der Waals surface area contributed by atoms with Crippen LogP contribution in [-0.4, -0.2) is 35.6 Å². The molecule has 0 bridgehead atoms. The molecule has 4 nitrogen and oxygen atoms in total. The molecule has 2 aliphatic rings. The van der Waals surface area contributed by atoms with E-state index in [4.69, 9.17) is 4.74 Å². The highest BCUT2D eigenvalue weighted by Gasteiger charge is 2.68. The number of hydrogen-bond acceptors (Lipinski definition) is 3. The zero-order chi connectivity index (χ0) is 10.6. The van der Waals surface area contributed by atoms with Gasteiger partial charge in [0.2, 0.25) is 5.72 Å². The molecule has 0 aromatic heterocycles. The van der Waals surface area contributed by atoms with E-state index in [9.17, 15) is 23.1 Å². The highest BCUT2D eigenvalue weighted by atomic mass is 19.4. The zero-order valence-electron chi connectivity index (χ0n) is 6.97. The van der Waals surface area contributed by atoms with Crippen molar-refractivity contribution < 1.29 is 27.8 Å². The first-order valence-electron chi connectivity index (χ1n) is 4.09. The molecule has 2 fully saturated rings. The van der Waals surface area contributed by atoms with Crippen molar-refractivity contribution in [3.8, 4) is 0 Å². The van der Waals surface area contributed by atoms with Gasteiger partial charge >= 0.3 is 6.18 Å². The van der Waals surface area contributed by atoms with E-state index < -0.39 is 29.8 Å². The Morgan fingerprint density at radius 2 is 2.21 bits per heavy atom. The van der Waals surface area contributed by atoms with Crippen LogP contribution in [0.1, 0.15) is 6.42 Å². The predicted octanol–water partition coefficient (Wildman–Crippen LogP) is -0.228. The van der Waals surface area contributed by atoms with E-state index in [1.54, 1.807) is 0 Å². The van der Waals surface area contributed by atoms with E-state index in [2.05, 4.69) is 0 Å². The third-order valence-electron chi connectivity index (χ3n) is 2.63. The van der Waals surface area contributed by atoms with Crippen LogP contribution in [0.2, 0.25) is 0 Å². The van der Waals surface area contributed by atoms with Gasteiger partial charge in [-0.1, -0.05) is 0 Å². The lowest BCUT2D eigenvalue weighted by molar-refractivity contribution is -0.281. The Morgan fingerprint density at radius 3 is 2.79 bits per heavy atom. The summed E-state index contributed by atoms with van der Waals surface area (Å²) in [6, 6.07) is 0. The van der Waals surface area contributed by atoms with Gasteiger partial charge in [0, 0.05) is 6.61 Å². The lowest BCUT2D eigenvalue weighted by atomic mass is 9.93. The fourth-order valence-electron chi connectivity index (χ4n) is 1.91. The number of carbonyl (C=O) groups excluding carboxylic acids is 1. The van der Waals surface area contributed by atoms with Crippen molar-refractivity contribution in [2.45, 2.75) is 24.4 Å². The molecule has 0 saturated carbocycles. The molecule has 2 rings (SSSR count). The zero-order valence-corrected chi connectivity index (χ0v) is 6.97. The van der Waals surface area contributed by atoms with Crippen LogP contribution < -0.4 is 5.32 Å². The Labute approximate surface area is 77.0 Å². The van der Waals surface area contributed by atoms with Crippen molar-refractivity contribution in [1.82, 2.24) is 5.32 Å². The minimum atomic E-state index is -4.87. The van der Waals surface area contributed by atoms with Crippen molar-refractivity contribution in [3.63, 3.8) is 0 Å². The summed E-state index contributed by atoms with van der Waals surface area (Å²) in [5.41, 5.74) is -3.12. The van der Waals surface area contributed by atoms with E-state index in [0.717, 1.165) is 0 Å². The number of fused-ring (bicyclic) bond motifs is 1. The van der Waals surface area contributed by atoms with Gasteiger partial charge in [0.1, 0.15) is 6.10 Å². The van der Waals surface area contributed by atoms with Gasteiger partial charge in [0.15, 0.2) is 0 Å². The summed E-state index contributed by atoms with van der Waals surface area (Å²) in [6.45, 7) is 0.0706. The number of halogens is 3. The Balaban J connectivity index is 2.34. The van der Waals surface area contributed by atoms with Crippen LogP contribution in [0.5, 0.6) is 0 Å². The lowest BCUT2D eigenvalue weighted by Crippen LogP contribution is -2.57. The third kappa shape index (κ3) is 1.05. The maximum atomic E-state index is 12.4. The van der Waals surface area contributed by atoms with Gasteiger partial charge in [-0.2, -0.15) is 13.2 Å². The molecule has 2 saturated heterocycles. The normalized spacial score (nSPS) is 42.4. The van der Waals surface area contributed by atoms with Gasteiger partial charge < -0.3 is 15.2 Å². The summed E-state index contributed by atoms with van der Waals surface area (Å²) in [4.78, 5) is 11.0. The number of carbonyl (C=O) groups is 1. The Kier molecular flexibility index (Phi) is 1.81. The average molecular weight is 211 g/mol. The summed E-state index contributed by atoms with van der Waals surface area (Å²) < 4.78 is 42.1. The van der Waals surface area contributed by atoms with Crippen molar-refractivity contribution in [1.29, 1.82) is 0 Å². The highest BCUT2D eigenvalue weighted by molar-refractivity contribution is 5.85. The van der Waals surface area contributed by atoms with Crippen LogP contribution in [0.4, 0.5) is 13.2 Å². The van der Waals surface area contributed by atoms with E-state index in [1.807, 2.05) is 0 Å². The van der Waals surface area contributed by atoms with Crippen molar-refractivity contribution in [3.05, 3.63) is 0 Å². The van der Waals surface area contributed by atoms with E-state index in [0.29, 0.717) is 0 Å². The molecular weight excluding hydrogens is 203 g/mol. The van der Waals surface area contributed by atoms with Crippen molar-refractivity contribution in [2.24, 2.45) is 5.92 Å². The smallest absolute Gasteiger partial charge is 0.368 e. The number of ether oxygens (including phenoxy) is 1. The summed E-state index contributed by atoms with van der Waals surface area (Å²) in [5, 5.41) is 10.9. The molecule has 1 amide bonds. The summed E-state index contributed by atoms with van der Waals surface area (Å²) in [5.74, 6) is -2.12. The largest absolute Gasteiger partial charge is 0.436 e. The van der Waals surface area contributed by atoms with Crippen LogP contribution in [-0.2, 0) is 9.53 Å². The number of hydrogen-bond donors (Lipinski definition) is 2. The Hall–Kier alpha value is -0.820. The van der Waals surface area contributed by atoms with Crippen LogP contribution in [0.25, 0.3) is 0 Å². The van der Waals surface area contributed by atoms with Crippen LogP contribution in [0.3, 0.4) is 0 Å². The summed E-state index contributed by atoms with van der Waals surface area (Å²) in [6.07, 6.45) is -6.00. The number of aliphatic hydroxyl groups is 1. The van der Waals surface area contributed by atoms with Crippen molar-refractivity contribution in [2.75, 3.05) is 6.61 Å². The minimum absolute atomic E-state index is 0.0272. The number of rotatable bonds is 0. The molecule has 2 aliphatic heterocycles. The fraction of sp³-hybridized carbons (Fsp3) is 0.857. The van der Waals surface area contributed by atoms with Gasteiger partial charge in [-0.15, -0.1) is 0 Å². The monoisotopic (exact) mass is 211 g/mol. The van der Waals surface area contributed by atoms with Gasteiger partial charge in [0.25, 0.3) is 5.91 Å². The maximum Gasteiger partial charge on any atom is 0.436 e. The number of alkyl halides is 3. The molecule has 0 aliphatic carbocycles. The lowest BCUT2D eigenvalue weighted by Gasteiger charge is -2.29. The molecule has 14 heavy (non-hydrogen) atoms. The molecule has 3 atom stereocenters. The highest BCUT2D eigenvalue weighted by Crippen LogP contribution is 2.44. The van der Waals surface area contributed by atoms with Crippen LogP contribution >= 0.6 is 0 Å². The molecule has 0 spiro atoms. The predicted molar refractivity (Wildman–Crippen MR) is 37.0 cm³/mol. The van der Waals surface area contributed by atoms with E-state index in [1.165, 1.54) is 5.32 Å². The quantitative estimate of drug-likeness (QED) is 0.582. The SMILES string of the molecule is O=C1NC(O)(C(F)(F)F)C2CCOC12. The van der Waals surface area contributed by atoms with E-state index >= 15 is 0 Å². The van der Waals surface area contributed by atoms with Crippen LogP contribution in [0.15, 0.2) is 0 Å². The standard InChI is InChI=1S/C7H8F3NO3/c8-7(9,10)6(13)3-1-2-14-4(3)5(12)11-6/h3-4,13H,1-2H2,(H,11,12). The van der Waals surface area contributed by atoms with Gasteiger partial charge in [-0.25, -0.2) is 0 Å². The van der Waals surface area contributed by atoms with Gasteiger partial charge in [-0.3, -0.25) is 4.79 Å². The number of nitrogens with one attached hydrogen (secondary N) is 1. The second kappa shape index (κ2) is 2.60. The molecule has 0 aromatic carbocycles. The third-order valence-corrected chi connectivity index (χ3v) is 2.63. The fourth-order valence-corrected chi connectivity index (χ4v) is 1.91. The molecular formula is C7H8F3NO3. The second-order valence-corrected chi connectivity index (χ2v) is 3.44. The maximum absolute atomic E-state index is 12.4. The molecule has 2 heterocycles. The molecule has 0 aromatic rings. The molecule has 2 N–H and O–H groups in total. The topological polar surface area (TPSA) is 58.6 Å². The van der Waals surface area contributed by atoms with Gasteiger partial charge in [0.05, 0.1) is 5.92 Å². The molecule has 0 radical (unpaired) electrons. The van der Waals surface area contributed by atoms with Crippen LogP contribution in [0, 0.1) is 5.92 Å². The van der Waals surface area contributed by atoms with E-state index in [-0.39, 0.29) is 13.0 Å².